The van der Waals surface area contributed by atoms with Gasteiger partial charge in [0, 0.05) is 18.5 Å². The Labute approximate surface area is 80.3 Å². The second-order valence-corrected chi connectivity index (χ2v) is 4.00. The minimum absolute atomic E-state index is 0.264. The summed E-state index contributed by atoms with van der Waals surface area (Å²) >= 11 is 0. The maximum atomic E-state index is 10.3. The number of nitrogens with one attached hydrogen (secondary N) is 1. The Hall–Kier alpha value is -0.600. The number of hydrogen-bond donors (Lipinski definition) is 2. The Kier molecular flexibility index (Phi) is 3.28. The van der Waals surface area contributed by atoms with Gasteiger partial charge in [0.15, 0.2) is 0 Å². The van der Waals surface area contributed by atoms with E-state index in [0.29, 0.717) is 6.04 Å². The summed E-state index contributed by atoms with van der Waals surface area (Å²) in [7, 11) is 0. The predicted molar refractivity (Wildman–Crippen MR) is 55.5 cm³/mol. The fourth-order valence-corrected chi connectivity index (χ4v) is 1.79. The lowest BCUT2D eigenvalue weighted by Crippen LogP contribution is -2.51. The van der Waals surface area contributed by atoms with Gasteiger partial charge >= 0.3 is 0 Å². The van der Waals surface area contributed by atoms with Crippen LogP contribution in [0.15, 0.2) is 24.8 Å². The highest BCUT2D eigenvalue weighted by molar-refractivity contribution is 5.12. The van der Waals surface area contributed by atoms with Gasteiger partial charge in [0.05, 0.1) is 5.60 Å². The van der Waals surface area contributed by atoms with Crippen LogP contribution in [0.4, 0.5) is 0 Å². The summed E-state index contributed by atoms with van der Waals surface area (Å²) in [5.41, 5.74) is -0.654. The zero-order valence-corrected chi connectivity index (χ0v) is 8.46. The van der Waals surface area contributed by atoms with E-state index in [4.69, 9.17) is 0 Å². The molecule has 0 amide bonds. The van der Waals surface area contributed by atoms with Gasteiger partial charge < -0.3 is 10.4 Å². The molecule has 0 aromatic rings. The largest absolute Gasteiger partial charge is 0.385 e. The van der Waals surface area contributed by atoms with Gasteiger partial charge in [0.2, 0.25) is 0 Å². The normalized spacial score (nSPS) is 40.8. The molecular weight excluding hydrogens is 162 g/mol. The van der Waals surface area contributed by atoms with Crippen LogP contribution in [-0.4, -0.2) is 23.3 Å². The first-order valence-corrected chi connectivity index (χ1v) is 4.84. The zero-order chi connectivity index (χ0) is 9.90. The van der Waals surface area contributed by atoms with Crippen LogP contribution < -0.4 is 5.32 Å². The van der Waals surface area contributed by atoms with Crippen molar-refractivity contribution in [3.63, 3.8) is 0 Å². The highest BCUT2D eigenvalue weighted by Gasteiger charge is 2.36. The SMILES string of the molecule is C=C/C=C/C1(O)CC(C)NCC1C. The quantitative estimate of drug-likeness (QED) is 0.632. The van der Waals surface area contributed by atoms with Gasteiger partial charge in [0.1, 0.15) is 0 Å². The third-order valence-corrected chi connectivity index (χ3v) is 2.78. The minimum Gasteiger partial charge on any atom is -0.385 e. The van der Waals surface area contributed by atoms with Gasteiger partial charge in [0.25, 0.3) is 0 Å². The highest BCUT2D eigenvalue weighted by atomic mass is 16.3. The maximum Gasteiger partial charge on any atom is 0.0882 e. The fraction of sp³-hybridized carbons (Fsp3) is 0.636. The van der Waals surface area contributed by atoms with Crippen molar-refractivity contribution in [2.24, 2.45) is 5.92 Å². The molecule has 1 aliphatic rings. The molecule has 0 bridgehead atoms. The second-order valence-electron chi connectivity index (χ2n) is 4.00. The van der Waals surface area contributed by atoms with Crippen LogP contribution >= 0.6 is 0 Å². The topological polar surface area (TPSA) is 32.3 Å². The standard InChI is InChI=1S/C11H19NO/c1-4-5-6-11(13)7-10(3)12-8-9(11)2/h4-6,9-10,12-13H,1,7-8H2,2-3H3/b6-5+. The van der Waals surface area contributed by atoms with Crippen molar-refractivity contribution in [3.8, 4) is 0 Å². The van der Waals surface area contributed by atoms with Gasteiger partial charge in [-0.15, -0.1) is 0 Å². The smallest absolute Gasteiger partial charge is 0.0882 e. The molecule has 0 saturated carbocycles. The third-order valence-electron chi connectivity index (χ3n) is 2.78. The number of aliphatic hydroxyl groups is 1. The van der Waals surface area contributed by atoms with E-state index in [2.05, 4.69) is 25.7 Å². The molecule has 74 valence electrons. The number of rotatable bonds is 2. The van der Waals surface area contributed by atoms with E-state index in [1.54, 1.807) is 6.08 Å². The molecule has 0 aromatic heterocycles. The second kappa shape index (κ2) is 4.07. The molecule has 1 fully saturated rings. The Balaban J connectivity index is 2.71. The van der Waals surface area contributed by atoms with Gasteiger partial charge in [-0.1, -0.05) is 31.7 Å². The first-order chi connectivity index (χ1) is 6.08. The summed E-state index contributed by atoms with van der Waals surface area (Å²) in [6, 6.07) is 0.385. The van der Waals surface area contributed by atoms with Crippen LogP contribution in [0.3, 0.4) is 0 Å². The van der Waals surface area contributed by atoms with Crippen molar-refractivity contribution in [2.75, 3.05) is 6.54 Å². The van der Waals surface area contributed by atoms with Gasteiger partial charge in [-0.25, -0.2) is 0 Å². The van der Waals surface area contributed by atoms with Crippen LogP contribution in [0, 0.1) is 5.92 Å². The summed E-state index contributed by atoms with van der Waals surface area (Å²) in [6.07, 6.45) is 6.17. The lowest BCUT2D eigenvalue weighted by Gasteiger charge is -2.39. The molecule has 2 N–H and O–H groups in total. The molecule has 1 aliphatic heterocycles. The number of allylic oxidation sites excluding steroid dienone is 2. The van der Waals surface area contributed by atoms with Gasteiger partial charge in [-0.05, 0) is 13.3 Å². The van der Waals surface area contributed by atoms with Crippen molar-refractivity contribution in [2.45, 2.75) is 31.9 Å². The lowest BCUT2D eigenvalue weighted by atomic mass is 9.80. The molecule has 2 nitrogen and oxygen atoms in total. The van der Waals surface area contributed by atoms with E-state index >= 15 is 0 Å². The zero-order valence-electron chi connectivity index (χ0n) is 8.46. The van der Waals surface area contributed by atoms with E-state index in [9.17, 15) is 5.11 Å². The number of hydrogen-bond acceptors (Lipinski definition) is 2. The Morgan fingerprint density at radius 2 is 2.23 bits per heavy atom. The maximum absolute atomic E-state index is 10.3. The van der Waals surface area contributed by atoms with Gasteiger partial charge in [-0.2, -0.15) is 0 Å². The van der Waals surface area contributed by atoms with E-state index in [1.165, 1.54) is 0 Å². The van der Waals surface area contributed by atoms with Crippen LogP contribution in [-0.2, 0) is 0 Å². The molecule has 0 aliphatic carbocycles. The molecule has 1 rings (SSSR count). The molecule has 1 saturated heterocycles. The van der Waals surface area contributed by atoms with Crippen molar-refractivity contribution in [1.82, 2.24) is 5.32 Å². The van der Waals surface area contributed by atoms with E-state index in [0.717, 1.165) is 13.0 Å². The molecule has 3 unspecified atom stereocenters. The monoisotopic (exact) mass is 181 g/mol. The molecule has 0 spiro atoms. The molecule has 1 heterocycles. The molecule has 2 heteroatoms. The van der Waals surface area contributed by atoms with Crippen LogP contribution in [0.2, 0.25) is 0 Å². The van der Waals surface area contributed by atoms with Crippen LogP contribution in [0.1, 0.15) is 20.3 Å². The first kappa shape index (κ1) is 10.5. The van der Waals surface area contributed by atoms with E-state index in [-0.39, 0.29) is 5.92 Å². The molecule has 0 radical (unpaired) electrons. The van der Waals surface area contributed by atoms with Crippen molar-refractivity contribution in [1.29, 1.82) is 0 Å². The predicted octanol–water partition coefficient (Wildman–Crippen LogP) is 1.48. The van der Waals surface area contributed by atoms with E-state index in [1.807, 2.05) is 12.2 Å². The summed E-state index contributed by atoms with van der Waals surface area (Å²) in [5.74, 6) is 0.264. The van der Waals surface area contributed by atoms with Crippen LogP contribution in [0.5, 0.6) is 0 Å². The average molecular weight is 181 g/mol. The summed E-state index contributed by atoms with van der Waals surface area (Å²) in [5, 5.41) is 13.6. The van der Waals surface area contributed by atoms with E-state index < -0.39 is 5.60 Å². The van der Waals surface area contributed by atoms with Gasteiger partial charge in [-0.3, -0.25) is 0 Å². The molecule has 0 aromatic carbocycles. The molecule has 13 heavy (non-hydrogen) atoms. The summed E-state index contributed by atoms with van der Waals surface area (Å²) in [4.78, 5) is 0. The lowest BCUT2D eigenvalue weighted by molar-refractivity contribution is -0.00130. The number of piperidine rings is 1. The Bertz CT molecular complexity index is 212. The first-order valence-electron chi connectivity index (χ1n) is 4.84. The summed E-state index contributed by atoms with van der Waals surface area (Å²) < 4.78 is 0. The average Bonchev–Trinajstić information content (AvgIpc) is 2.09. The Morgan fingerprint density at radius 1 is 1.54 bits per heavy atom. The molecular formula is C11H19NO. The summed E-state index contributed by atoms with van der Waals surface area (Å²) in [6.45, 7) is 8.64. The van der Waals surface area contributed by atoms with Crippen molar-refractivity contribution in [3.05, 3.63) is 24.8 Å². The molecule has 3 atom stereocenters. The van der Waals surface area contributed by atoms with Crippen LogP contribution in [0.25, 0.3) is 0 Å². The minimum atomic E-state index is -0.654. The Morgan fingerprint density at radius 3 is 2.85 bits per heavy atom. The fourth-order valence-electron chi connectivity index (χ4n) is 1.79. The van der Waals surface area contributed by atoms with Crippen molar-refractivity contribution >= 4 is 0 Å². The van der Waals surface area contributed by atoms with Crippen molar-refractivity contribution < 1.29 is 5.11 Å². The highest BCUT2D eigenvalue weighted by Crippen LogP contribution is 2.28. The third kappa shape index (κ3) is 2.42.